The number of aldehydes is 1. The second kappa shape index (κ2) is 7.55. The zero-order valence-corrected chi connectivity index (χ0v) is 15.7. The maximum absolute atomic E-state index is 15.3. The summed E-state index contributed by atoms with van der Waals surface area (Å²) in [5.41, 5.74) is 1.53. The van der Waals surface area contributed by atoms with Crippen LogP contribution in [0, 0.1) is 5.82 Å². The van der Waals surface area contributed by atoms with Crippen LogP contribution in [0.1, 0.15) is 29.8 Å². The molecule has 1 fully saturated rings. The van der Waals surface area contributed by atoms with Crippen molar-refractivity contribution in [1.29, 1.82) is 0 Å². The van der Waals surface area contributed by atoms with E-state index in [1.165, 1.54) is 0 Å². The van der Waals surface area contributed by atoms with Crippen molar-refractivity contribution in [3.8, 4) is 0 Å². The summed E-state index contributed by atoms with van der Waals surface area (Å²) >= 11 is 0. The number of aromatic nitrogens is 2. The number of morpholine rings is 1. The molecule has 0 bridgehead atoms. The average Bonchev–Trinajstić information content (AvgIpc) is 3.09. The van der Waals surface area contributed by atoms with Crippen molar-refractivity contribution in [3.05, 3.63) is 47.5 Å². The number of nitrogens with zero attached hydrogens (tertiary/aromatic N) is 3. The SMILES string of the molecule is C[C@@H]1CN(c2c(C=O)cc3c(NCc4ccncc4)noc3c2F)C[C@H](C)O1. The molecule has 146 valence electrons. The largest absolute Gasteiger partial charge is 0.372 e. The molecular weight excluding hydrogens is 363 g/mol. The highest BCUT2D eigenvalue weighted by Gasteiger charge is 2.29. The van der Waals surface area contributed by atoms with E-state index in [0.717, 1.165) is 5.56 Å². The molecule has 0 saturated carbocycles. The summed E-state index contributed by atoms with van der Waals surface area (Å²) in [6, 6.07) is 5.36. The van der Waals surface area contributed by atoms with Gasteiger partial charge in [0.05, 0.1) is 23.3 Å². The fourth-order valence-corrected chi connectivity index (χ4v) is 3.63. The van der Waals surface area contributed by atoms with Crippen LogP contribution < -0.4 is 10.2 Å². The van der Waals surface area contributed by atoms with Gasteiger partial charge in [0, 0.05) is 37.6 Å². The van der Waals surface area contributed by atoms with Crippen molar-refractivity contribution in [2.24, 2.45) is 0 Å². The Morgan fingerprint density at radius 2 is 2.00 bits per heavy atom. The summed E-state index contributed by atoms with van der Waals surface area (Å²) in [5, 5.41) is 7.53. The van der Waals surface area contributed by atoms with Crippen LogP contribution in [-0.2, 0) is 11.3 Å². The first kappa shape index (κ1) is 18.4. The number of ether oxygens (including phenoxy) is 1. The standard InChI is InChI=1S/C20H21FN4O3/c1-12-9-25(10-13(2)27-12)18-15(11-26)7-16-19(17(18)21)28-24-20(16)23-8-14-3-5-22-6-4-14/h3-7,11-13H,8-10H2,1-2H3,(H,23,24)/t12-,13+. The molecule has 8 heteroatoms. The van der Waals surface area contributed by atoms with E-state index in [4.69, 9.17) is 9.26 Å². The van der Waals surface area contributed by atoms with Crippen LogP contribution in [-0.4, -0.2) is 41.7 Å². The molecule has 4 rings (SSSR count). The fourth-order valence-electron chi connectivity index (χ4n) is 3.63. The monoisotopic (exact) mass is 384 g/mol. The Labute approximate surface area is 161 Å². The lowest BCUT2D eigenvalue weighted by Gasteiger charge is -2.37. The Balaban J connectivity index is 1.69. The molecular formula is C20H21FN4O3. The highest BCUT2D eigenvalue weighted by Crippen LogP contribution is 2.35. The van der Waals surface area contributed by atoms with Crippen molar-refractivity contribution in [2.45, 2.75) is 32.6 Å². The van der Waals surface area contributed by atoms with Crippen molar-refractivity contribution >= 4 is 28.8 Å². The number of pyridine rings is 1. The molecule has 0 amide bonds. The van der Waals surface area contributed by atoms with E-state index in [1.54, 1.807) is 18.5 Å². The van der Waals surface area contributed by atoms with Crippen LogP contribution in [0.2, 0.25) is 0 Å². The number of carbonyl (C=O) groups excluding carboxylic acids is 1. The minimum absolute atomic E-state index is 0.0321. The van der Waals surface area contributed by atoms with Crippen LogP contribution in [0.5, 0.6) is 0 Å². The fraction of sp³-hybridized carbons (Fsp3) is 0.350. The summed E-state index contributed by atoms with van der Waals surface area (Å²) < 4.78 is 26.3. The van der Waals surface area contributed by atoms with Gasteiger partial charge in [-0.2, -0.15) is 0 Å². The molecule has 1 aromatic carbocycles. The van der Waals surface area contributed by atoms with E-state index in [2.05, 4.69) is 15.5 Å². The van der Waals surface area contributed by atoms with Crippen molar-refractivity contribution in [3.63, 3.8) is 0 Å². The molecule has 1 aliphatic rings. The second-order valence-corrected chi connectivity index (χ2v) is 7.03. The first-order valence-corrected chi connectivity index (χ1v) is 9.17. The van der Waals surface area contributed by atoms with Crippen LogP contribution >= 0.6 is 0 Å². The topological polar surface area (TPSA) is 80.5 Å². The van der Waals surface area contributed by atoms with Gasteiger partial charge in [-0.05, 0) is 37.6 Å². The summed E-state index contributed by atoms with van der Waals surface area (Å²) in [5.74, 6) is -0.186. The lowest BCUT2D eigenvalue weighted by molar-refractivity contribution is -0.00543. The molecule has 0 aliphatic carbocycles. The predicted octanol–water partition coefficient (Wildman–Crippen LogP) is 3.40. The van der Waals surface area contributed by atoms with E-state index in [-0.39, 0.29) is 29.0 Å². The number of carbonyl (C=O) groups is 1. The smallest absolute Gasteiger partial charge is 0.206 e. The number of halogens is 1. The highest BCUT2D eigenvalue weighted by molar-refractivity contribution is 5.98. The molecule has 0 spiro atoms. The minimum Gasteiger partial charge on any atom is -0.372 e. The van der Waals surface area contributed by atoms with Crippen molar-refractivity contribution < 1.29 is 18.4 Å². The second-order valence-electron chi connectivity index (χ2n) is 7.03. The Morgan fingerprint density at radius 1 is 1.29 bits per heavy atom. The number of hydrogen-bond acceptors (Lipinski definition) is 7. The predicted molar refractivity (Wildman–Crippen MR) is 103 cm³/mol. The van der Waals surface area contributed by atoms with E-state index in [9.17, 15) is 4.79 Å². The van der Waals surface area contributed by atoms with E-state index < -0.39 is 5.82 Å². The molecule has 1 saturated heterocycles. The maximum Gasteiger partial charge on any atom is 0.206 e. The maximum atomic E-state index is 15.3. The number of benzene rings is 1. The van der Waals surface area contributed by atoms with Crippen LogP contribution in [0.3, 0.4) is 0 Å². The lowest BCUT2D eigenvalue weighted by Crippen LogP contribution is -2.46. The van der Waals surface area contributed by atoms with Crippen LogP contribution in [0.25, 0.3) is 11.0 Å². The van der Waals surface area contributed by atoms with Crippen molar-refractivity contribution in [2.75, 3.05) is 23.3 Å². The van der Waals surface area contributed by atoms with Gasteiger partial charge in [-0.1, -0.05) is 5.16 Å². The third kappa shape index (κ3) is 3.43. The average molecular weight is 384 g/mol. The molecule has 0 radical (unpaired) electrons. The van der Waals surface area contributed by atoms with Gasteiger partial charge in [0.15, 0.2) is 17.9 Å². The summed E-state index contributed by atoms with van der Waals surface area (Å²) in [6.45, 7) is 5.32. The number of hydrogen-bond donors (Lipinski definition) is 1. The van der Waals surface area contributed by atoms with Gasteiger partial charge in [0.2, 0.25) is 5.58 Å². The summed E-state index contributed by atoms with van der Waals surface area (Å²) in [4.78, 5) is 17.6. The molecule has 28 heavy (non-hydrogen) atoms. The van der Waals surface area contributed by atoms with Gasteiger partial charge < -0.3 is 19.5 Å². The van der Waals surface area contributed by atoms with Gasteiger partial charge in [-0.15, -0.1) is 0 Å². The van der Waals surface area contributed by atoms with Crippen LogP contribution in [0.4, 0.5) is 15.9 Å². The number of anilines is 2. The van der Waals surface area contributed by atoms with Gasteiger partial charge in [0.25, 0.3) is 0 Å². The Morgan fingerprint density at radius 3 is 2.68 bits per heavy atom. The first-order chi connectivity index (χ1) is 13.6. The Bertz CT molecular complexity index is 982. The highest BCUT2D eigenvalue weighted by atomic mass is 19.1. The zero-order valence-electron chi connectivity index (χ0n) is 15.7. The van der Waals surface area contributed by atoms with E-state index in [1.807, 2.05) is 30.9 Å². The molecule has 2 aromatic heterocycles. The lowest BCUT2D eigenvalue weighted by atomic mass is 10.1. The van der Waals surface area contributed by atoms with Gasteiger partial charge in [0.1, 0.15) is 0 Å². The van der Waals surface area contributed by atoms with Crippen LogP contribution in [0.15, 0.2) is 35.1 Å². The number of fused-ring (bicyclic) bond motifs is 1. The van der Waals surface area contributed by atoms with E-state index in [0.29, 0.717) is 37.1 Å². The normalized spacial score (nSPS) is 19.8. The molecule has 2 atom stereocenters. The third-order valence-corrected chi connectivity index (χ3v) is 4.78. The third-order valence-electron chi connectivity index (χ3n) is 4.78. The number of nitrogens with one attached hydrogen (secondary N) is 1. The zero-order chi connectivity index (χ0) is 19.7. The molecule has 7 nitrogen and oxygen atoms in total. The van der Waals surface area contributed by atoms with E-state index >= 15 is 4.39 Å². The quantitative estimate of drug-likeness (QED) is 0.675. The molecule has 0 unspecified atom stereocenters. The van der Waals surface area contributed by atoms with Gasteiger partial charge in [-0.25, -0.2) is 4.39 Å². The molecule has 1 N–H and O–H groups in total. The van der Waals surface area contributed by atoms with Gasteiger partial charge in [-0.3, -0.25) is 9.78 Å². The first-order valence-electron chi connectivity index (χ1n) is 9.17. The summed E-state index contributed by atoms with van der Waals surface area (Å²) in [6.07, 6.45) is 3.93. The molecule has 3 heterocycles. The molecule has 1 aliphatic heterocycles. The number of rotatable bonds is 5. The van der Waals surface area contributed by atoms with Crippen molar-refractivity contribution in [1.82, 2.24) is 10.1 Å². The summed E-state index contributed by atoms with van der Waals surface area (Å²) in [7, 11) is 0. The van der Waals surface area contributed by atoms with Gasteiger partial charge >= 0.3 is 0 Å². The molecule has 3 aromatic rings. The Hall–Kier alpha value is -3.00. The minimum atomic E-state index is -0.578. The Kier molecular flexibility index (Phi) is 4.95.